The third kappa shape index (κ3) is 4.29. The predicted molar refractivity (Wildman–Crippen MR) is 149 cm³/mol. The number of nitrogens with one attached hydrogen (secondary N) is 1. The molecule has 0 fully saturated rings. The average Bonchev–Trinajstić information content (AvgIpc) is 3.46. The SMILES string of the molecule is N=C1C(=Cc2cn(Cc3ccc(Cl)c(Cl)c3)c3ccccc23)C(=O)N=C2SC=C(c3ccc(F)cc3)N12. The highest BCUT2D eigenvalue weighted by Crippen LogP contribution is 2.38. The molecule has 2 aliphatic rings. The van der Waals surface area contributed by atoms with Crippen molar-refractivity contribution in [1.29, 1.82) is 5.41 Å². The van der Waals surface area contributed by atoms with Crippen LogP contribution >= 0.6 is 35.0 Å². The number of carbonyl (C=O) groups excluding carboxylic acids is 1. The molecule has 0 saturated heterocycles. The minimum Gasteiger partial charge on any atom is -0.342 e. The van der Waals surface area contributed by atoms with Gasteiger partial charge in [-0.3, -0.25) is 15.1 Å². The van der Waals surface area contributed by atoms with E-state index in [0.29, 0.717) is 27.5 Å². The van der Waals surface area contributed by atoms with Crippen molar-refractivity contribution in [2.24, 2.45) is 4.99 Å². The van der Waals surface area contributed by atoms with Crippen molar-refractivity contribution in [2.45, 2.75) is 6.54 Å². The van der Waals surface area contributed by atoms with E-state index in [1.54, 1.807) is 29.2 Å². The summed E-state index contributed by atoms with van der Waals surface area (Å²) in [7, 11) is 0. The maximum atomic E-state index is 13.5. The maximum absolute atomic E-state index is 13.5. The van der Waals surface area contributed by atoms with E-state index < -0.39 is 5.91 Å². The summed E-state index contributed by atoms with van der Waals surface area (Å²) < 4.78 is 15.5. The van der Waals surface area contributed by atoms with Gasteiger partial charge < -0.3 is 4.57 Å². The molecule has 0 radical (unpaired) electrons. The van der Waals surface area contributed by atoms with Gasteiger partial charge in [-0.15, -0.1) is 0 Å². The Morgan fingerprint density at radius 2 is 1.81 bits per heavy atom. The summed E-state index contributed by atoms with van der Waals surface area (Å²) in [6.45, 7) is 0.550. The molecule has 2 aliphatic heterocycles. The minimum atomic E-state index is -0.473. The van der Waals surface area contributed by atoms with Gasteiger partial charge in [0.15, 0.2) is 5.17 Å². The number of fused-ring (bicyclic) bond motifs is 2. The van der Waals surface area contributed by atoms with E-state index in [-0.39, 0.29) is 17.2 Å². The molecule has 37 heavy (non-hydrogen) atoms. The molecular weight excluding hydrogens is 530 g/mol. The van der Waals surface area contributed by atoms with Crippen LogP contribution in [-0.4, -0.2) is 26.4 Å². The molecule has 0 atom stereocenters. The van der Waals surface area contributed by atoms with Gasteiger partial charge in [0.1, 0.15) is 11.7 Å². The van der Waals surface area contributed by atoms with Crippen LogP contribution < -0.4 is 0 Å². The number of rotatable bonds is 4. The molecule has 1 aromatic heterocycles. The summed E-state index contributed by atoms with van der Waals surface area (Å²) >= 11 is 13.6. The third-order valence-corrected chi connectivity index (χ3v) is 7.78. The highest BCUT2D eigenvalue weighted by molar-refractivity contribution is 8.17. The lowest BCUT2D eigenvalue weighted by Gasteiger charge is -2.26. The second-order valence-electron chi connectivity index (χ2n) is 8.55. The summed E-state index contributed by atoms with van der Waals surface area (Å²) in [5.74, 6) is -0.790. The number of aromatic nitrogens is 1. The molecule has 1 amide bonds. The second-order valence-corrected chi connectivity index (χ2v) is 10.2. The number of thioether (sulfide) groups is 1. The van der Waals surface area contributed by atoms with Crippen molar-refractivity contribution in [3.63, 3.8) is 0 Å². The second kappa shape index (κ2) is 9.34. The van der Waals surface area contributed by atoms with Crippen LogP contribution in [0.15, 0.2) is 88.9 Å². The smallest absolute Gasteiger partial charge is 0.283 e. The van der Waals surface area contributed by atoms with Crippen molar-refractivity contribution < 1.29 is 9.18 Å². The van der Waals surface area contributed by atoms with E-state index >= 15 is 0 Å². The first-order valence-electron chi connectivity index (χ1n) is 11.3. The van der Waals surface area contributed by atoms with Crippen LogP contribution in [0, 0.1) is 11.2 Å². The van der Waals surface area contributed by atoms with Crippen molar-refractivity contribution in [2.75, 3.05) is 0 Å². The lowest BCUT2D eigenvalue weighted by atomic mass is 10.1. The first kappa shape index (κ1) is 23.7. The van der Waals surface area contributed by atoms with Crippen molar-refractivity contribution in [3.05, 3.63) is 116 Å². The number of nitrogens with zero attached hydrogens (tertiary/aromatic N) is 3. The van der Waals surface area contributed by atoms with Gasteiger partial charge in [0.25, 0.3) is 5.91 Å². The Morgan fingerprint density at radius 1 is 1.03 bits per heavy atom. The number of aliphatic imine (C=N–C) groups is 1. The van der Waals surface area contributed by atoms with Gasteiger partial charge in [-0.1, -0.05) is 59.2 Å². The Morgan fingerprint density at radius 3 is 2.59 bits per heavy atom. The number of halogens is 3. The molecule has 3 heterocycles. The lowest BCUT2D eigenvalue weighted by molar-refractivity contribution is -0.114. The molecule has 9 heteroatoms. The van der Waals surface area contributed by atoms with Crippen molar-refractivity contribution in [3.8, 4) is 0 Å². The number of hydrogen-bond acceptors (Lipinski definition) is 3. The Bertz CT molecular complexity index is 1710. The number of carbonyl (C=O) groups is 1. The van der Waals surface area contributed by atoms with Gasteiger partial charge in [0, 0.05) is 34.6 Å². The molecule has 4 aromatic rings. The summed E-state index contributed by atoms with van der Waals surface area (Å²) in [5.41, 5.74) is 4.33. The molecule has 0 bridgehead atoms. The van der Waals surface area contributed by atoms with Gasteiger partial charge in [-0.25, -0.2) is 4.39 Å². The first-order chi connectivity index (χ1) is 17.9. The highest BCUT2D eigenvalue weighted by atomic mass is 35.5. The molecule has 0 aliphatic carbocycles. The quantitative estimate of drug-likeness (QED) is 0.270. The number of amides is 1. The zero-order valence-corrected chi connectivity index (χ0v) is 21.4. The van der Waals surface area contributed by atoms with E-state index in [0.717, 1.165) is 27.6 Å². The monoisotopic (exact) mass is 546 g/mol. The molecule has 5 nitrogen and oxygen atoms in total. The standard InChI is InChI=1S/C28H17Cl2FN4OS/c29-22-10-5-16(11-23(22)30)13-34-14-18(20-3-1-2-4-24(20)34)12-21-26(32)35-25(15-37-28(35)33-27(21)36)17-6-8-19(31)9-7-17/h1-12,14-15,32H,13H2. The Hall–Kier alpha value is -3.65. The number of benzene rings is 3. The molecule has 1 N–H and O–H groups in total. The Labute approximate surface area is 226 Å². The van der Waals surface area contributed by atoms with Gasteiger partial charge >= 0.3 is 0 Å². The van der Waals surface area contributed by atoms with Crippen LogP contribution in [0.3, 0.4) is 0 Å². The maximum Gasteiger partial charge on any atom is 0.283 e. The summed E-state index contributed by atoms with van der Waals surface area (Å²) in [6.07, 6.45) is 3.67. The molecular formula is C28H17Cl2FN4OS. The number of hydrogen-bond donors (Lipinski definition) is 1. The average molecular weight is 547 g/mol. The predicted octanol–water partition coefficient (Wildman–Crippen LogP) is 7.44. The fraction of sp³-hybridized carbons (Fsp3) is 0.0357. The fourth-order valence-electron chi connectivity index (χ4n) is 4.44. The third-order valence-electron chi connectivity index (χ3n) is 6.21. The van der Waals surface area contributed by atoms with Gasteiger partial charge in [-0.05, 0) is 59.7 Å². The van der Waals surface area contributed by atoms with Crippen molar-refractivity contribution >= 4 is 74.6 Å². The Balaban J connectivity index is 1.39. The summed E-state index contributed by atoms with van der Waals surface area (Å²) in [6, 6.07) is 19.4. The Kier molecular flexibility index (Phi) is 5.99. The van der Waals surface area contributed by atoms with Crippen LogP contribution in [0.2, 0.25) is 10.0 Å². The molecule has 182 valence electrons. The highest BCUT2D eigenvalue weighted by Gasteiger charge is 2.36. The summed E-state index contributed by atoms with van der Waals surface area (Å²) in [4.78, 5) is 18.9. The molecule has 3 aromatic carbocycles. The first-order valence-corrected chi connectivity index (χ1v) is 12.9. The van der Waals surface area contributed by atoms with Crippen LogP contribution in [-0.2, 0) is 11.3 Å². The van der Waals surface area contributed by atoms with E-state index in [1.165, 1.54) is 23.9 Å². The van der Waals surface area contributed by atoms with E-state index in [2.05, 4.69) is 9.56 Å². The van der Waals surface area contributed by atoms with Gasteiger partial charge in [0.05, 0.1) is 21.3 Å². The largest absolute Gasteiger partial charge is 0.342 e. The molecule has 0 unspecified atom stereocenters. The normalized spacial score (nSPS) is 16.4. The van der Waals surface area contributed by atoms with E-state index in [1.807, 2.05) is 48.0 Å². The lowest BCUT2D eigenvalue weighted by Crippen LogP contribution is -2.38. The fourth-order valence-corrected chi connectivity index (χ4v) is 5.65. The van der Waals surface area contributed by atoms with Crippen LogP contribution in [0.4, 0.5) is 4.39 Å². The molecule has 0 spiro atoms. The van der Waals surface area contributed by atoms with Crippen LogP contribution in [0.25, 0.3) is 22.7 Å². The number of amidine groups is 2. The van der Waals surface area contributed by atoms with Crippen LogP contribution in [0.1, 0.15) is 16.7 Å². The molecule has 0 saturated carbocycles. The zero-order chi connectivity index (χ0) is 25.7. The van der Waals surface area contributed by atoms with E-state index in [4.69, 9.17) is 28.6 Å². The van der Waals surface area contributed by atoms with Crippen molar-refractivity contribution in [1.82, 2.24) is 9.47 Å². The zero-order valence-electron chi connectivity index (χ0n) is 19.1. The number of para-hydroxylation sites is 1. The van der Waals surface area contributed by atoms with E-state index in [9.17, 15) is 9.18 Å². The van der Waals surface area contributed by atoms with Crippen LogP contribution in [0.5, 0.6) is 0 Å². The molecule has 6 rings (SSSR count). The van der Waals surface area contributed by atoms with Gasteiger partial charge in [-0.2, -0.15) is 4.99 Å². The van der Waals surface area contributed by atoms with Gasteiger partial charge in [0.2, 0.25) is 0 Å². The topological polar surface area (TPSA) is 61.5 Å². The minimum absolute atomic E-state index is 0.0249. The summed E-state index contributed by atoms with van der Waals surface area (Å²) in [5, 5.41) is 13.1.